The van der Waals surface area contributed by atoms with E-state index in [1.807, 2.05) is 86.7 Å². The molecule has 4 rings (SSSR count). The smallest absolute Gasteiger partial charge is 0.229 e. The molecule has 0 atom stereocenters. The van der Waals surface area contributed by atoms with Crippen molar-refractivity contribution >= 4 is 11.4 Å². The Morgan fingerprint density at radius 3 is 2.26 bits per heavy atom. The Bertz CT molecular complexity index is 1300. The van der Waals surface area contributed by atoms with Crippen molar-refractivity contribution in [3.8, 4) is 11.5 Å². The third kappa shape index (κ3) is 6.54. The van der Waals surface area contributed by atoms with Gasteiger partial charge in [0.15, 0.2) is 0 Å². The van der Waals surface area contributed by atoms with E-state index in [4.69, 9.17) is 4.74 Å². The van der Waals surface area contributed by atoms with Crippen LogP contribution in [0.25, 0.3) is 0 Å². The van der Waals surface area contributed by atoms with E-state index in [1.54, 1.807) is 18.2 Å². The van der Waals surface area contributed by atoms with Crippen molar-refractivity contribution in [2.75, 3.05) is 0 Å². The first kappa shape index (κ1) is 23.7. The number of rotatable bonds is 8. The van der Waals surface area contributed by atoms with Crippen molar-refractivity contribution in [1.29, 1.82) is 0 Å². The molecule has 3 aromatic carbocycles. The fourth-order valence-electron chi connectivity index (χ4n) is 3.39. The van der Waals surface area contributed by atoms with E-state index in [0.717, 1.165) is 28.9 Å². The molecule has 0 fully saturated rings. The van der Waals surface area contributed by atoms with Crippen LogP contribution in [0, 0.1) is 13.8 Å². The average molecular weight is 467 g/mol. The number of hydrogen-bond donors (Lipinski definition) is 1. The summed E-state index contributed by atoms with van der Waals surface area (Å²) in [5, 5.41) is 34.5. The summed E-state index contributed by atoms with van der Waals surface area (Å²) < 4.78 is 5.86. The molecule has 1 aliphatic carbocycles. The Balaban J connectivity index is 1.44. The third-order valence-electron chi connectivity index (χ3n) is 5.31. The lowest BCUT2D eigenvalue weighted by Gasteiger charge is -2.16. The Kier molecular flexibility index (Phi) is 7.52. The molecule has 8 heteroatoms. The van der Waals surface area contributed by atoms with Crippen LogP contribution in [-0.4, -0.2) is 10.8 Å². The van der Waals surface area contributed by atoms with Gasteiger partial charge in [0.2, 0.25) is 5.66 Å². The van der Waals surface area contributed by atoms with Crippen LogP contribution >= 0.6 is 0 Å². The van der Waals surface area contributed by atoms with Gasteiger partial charge in [-0.25, -0.2) is 0 Å². The topological polar surface area (TPSA) is 104 Å². The van der Waals surface area contributed by atoms with Crippen LogP contribution in [0.1, 0.15) is 23.1 Å². The van der Waals surface area contributed by atoms with Gasteiger partial charge in [-0.2, -0.15) is 5.11 Å². The second kappa shape index (κ2) is 11.1. The minimum Gasteiger partial charge on any atom is -0.508 e. The maximum Gasteiger partial charge on any atom is 0.229 e. The van der Waals surface area contributed by atoms with Crippen molar-refractivity contribution in [3.63, 3.8) is 0 Å². The maximum atomic E-state index is 9.59. The number of aryl methyl sites for hydroxylation is 2. The van der Waals surface area contributed by atoms with E-state index in [1.165, 1.54) is 0 Å². The van der Waals surface area contributed by atoms with Crippen LogP contribution in [0.4, 0.5) is 11.4 Å². The summed E-state index contributed by atoms with van der Waals surface area (Å²) in [5.74, 6) is 0.938. The van der Waals surface area contributed by atoms with Crippen molar-refractivity contribution in [2.24, 2.45) is 30.9 Å². The molecule has 176 valence electrons. The fraction of sp³-hybridized carbons (Fsp3) is 0.185. The number of phenols is 1. The van der Waals surface area contributed by atoms with Crippen LogP contribution < -0.4 is 4.74 Å². The minimum absolute atomic E-state index is 0.180. The second-order valence-corrected chi connectivity index (χ2v) is 8.10. The number of hydrogen-bond acceptors (Lipinski definition) is 6. The van der Waals surface area contributed by atoms with E-state index in [0.29, 0.717) is 18.0 Å². The number of phenolic OH excluding ortho intramolecular Hbond substituents is 1. The van der Waals surface area contributed by atoms with E-state index in [-0.39, 0.29) is 5.75 Å². The number of ether oxygens (including phenoxy) is 1. The molecule has 0 unspecified atom stereocenters. The quantitative estimate of drug-likeness (QED) is 0.206. The number of aromatic hydroxyl groups is 1. The summed E-state index contributed by atoms with van der Waals surface area (Å²) in [6.07, 6.45) is 8.30. The Hall–Kier alpha value is -4.46. The van der Waals surface area contributed by atoms with E-state index in [2.05, 4.69) is 30.9 Å². The molecule has 0 bridgehead atoms. The normalized spacial score (nSPS) is 14.9. The van der Waals surface area contributed by atoms with Crippen molar-refractivity contribution in [3.05, 3.63) is 108 Å². The van der Waals surface area contributed by atoms with Gasteiger partial charge in [-0.05, 0) is 96.0 Å². The molecule has 0 aromatic heterocycles. The van der Waals surface area contributed by atoms with Crippen molar-refractivity contribution in [1.82, 2.24) is 0 Å². The van der Waals surface area contributed by atoms with E-state index in [9.17, 15) is 5.11 Å². The summed E-state index contributed by atoms with van der Waals surface area (Å²) >= 11 is 0. The molecule has 0 heterocycles. The number of nitrogens with zero attached hydrogens (tertiary/aromatic N) is 6. The summed E-state index contributed by atoms with van der Waals surface area (Å²) in [7, 11) is 0. The molecule has 8 nitrogen and oxygen atoms in total. The van der Waals surface area contributed by atoms with Gasteiger partial charge in [0.1, 0.15) is 18.1 Å². The molecular weight excluding hydrogens is 440 g/mol. The molecule has 1 aliphatic rings. The molecule has 35 heavy (non-hydrogen) atoms. The highest BCUT2D eigenvalue weighted by atomic mass is 16.5. The van der Waals surface area contributed by atoms with Crippen molar-refractivity contribution < 1.29 is 9.84 Å². The molecule has 1 N–H and O–H groups in total. The molecule has 0 saturated heterocycles. The van der Waals surface area contributed by atoms with E-state index >= 15 is 0 Å². The molecular formula is C27H26N6O2. The summed E-state index contributed by atoms with van der Waals surface area (Å²) in [4.78, 5) is 0. The number of allylic oxidation sites excluding steroid dienone is 2. The first-order chi connectivity index (χ1) is 17.0. The highest BCUT2D eigenvalue weighted by Crippen LogP contribution is 2.29. The van der Waals surface area contributed by atoms with E-state index < -0.39 is 5.66 Å². The van der Waals surface area contributed by atoms with Gasteiger partial charge in [-0.15, -0.1) is 15.3 Å². The van der Waals surface area contributed by atoms with Gasteiger partial charge >= 0.3 is 0 Å². The zero-order valence-electron chi connectivity index (χ0n) is 19.6. The predicted octanol–water partition coefficient (Wildman–Crippen LogP) is 8.04. The largest absolute Gasteiger partial charge is 0.508 e. The van der Waals surface area contributed by atoms with Gasteiger partial charge in [-0.1, -0.05) is 42.5 Å². The number of benzene rings is 3. The molecule has 0 amide bonds. The van der Waals surface area contributed by atoms with Gasteiger partial charge in [0, 0.05) is 0 Å². The highest BCUT2D eigenvalue weighted by molar-refractivity contribution is 5.49. The third-order valence-corrected chi connectivity index (χ3v) is 5.31. The first-order valence-electron chi connectivity index (χ1n) is 11.2. The van der Waals surface area contributed by atoms with Crippen LogP contribution in [0.15, 0.2) is 122 Å². The van der Waals surface area contributed by atoms with Gasteiger partial charge in [0.05, 0.1) is 11.4 Å². The lowest BCUT2D eigenvalue weighted by atomic mass is 10.1. The fourth-order valence-corrected chi connectivity index (χ4v) is 3.39. The maximum absolute atomic E-state index is 9.59. The van der Waals surface area contributed by atoms with Crippen LogP contribution in [0.5, 0.6) is 11.5 Å². The van der Waals surface area contributed by atoms with Gasteiger partial charge < -0.3 is 9.84 Å². The lowest BCUT2D eigenvalue weighted by Crippen LogP contribution is -2.17. The predicted molar refractivity (Wildman–Crippen MR) is 134 cm³/mol. The SMILES string of the molecule is Cc1cc(OCc2ccccc2)ccc1/N=N/N=N/C1(/N=N/c2ccc(O)cc2C)C=CCC=C1. The molecule has 0 spiro atoms. The average Bonchev–Trinajstić information content (AvgIpc) is 2.87. The Morgan fingerprint density at radius 1 is 0.800 bits per heavy atom. The van der Waals surface area contributed by atoms with Crippen molar-refractivity contribution in [2.45, 2.75) is 32.5 Å². The van der Waals surface area contributed by atoms with Gasteiger partial charge in [-0.3, -0.25) is 0 Å². The van der Waals surface area contributed by atoms with Gasteiger partial charge in [0.25, 0.3) is 0 Å². The monoisotopic (exact) mass is 466 g/mol. The second-order valence-electron chi connectivity index (χ2n) is 8.10. The lowest BCUT2D eigenvalue weighted by molar-refractivity contribution is 0.306. The zero-order valence-corrected chi connectivity index (χ0v) is 19.6. The van der Waals surface area contributed by atoms with Crippen LogP contribution in [-0.2, 0) is 6.61 Å². The molecule has 3 aromatic rings. The zero-order chi connectivity index (χ0) is 24.5. The first-order valence-corrected chi connectivity index (χ1v) is 11.2. The summed E-state index contributed by atoms with van der Waals surface area (Å²) in [6, 6.07) is 20.5. The summed E-state index contributed by atoms with van der Waals surface area (Å²) in [5.41, 5.74) is 3.02. The Labute approximate surface area is 204 Å². The molecule has 0 radical (unpaired) electrons. The minimum atomic E-state index is -1.09. The van der Waals surface area contributed by atoms with Crippen LogP contribution in [0.3, 0.4) is 0 Å². The number of azo groups is 1. The highest BCUT2D eigenvalue weighted by Gasteiger charge is 2.24. The summed E-state index contributed by atoms with van der Waals surface area (Å²) in [6.45, 7) is 4.28. The molecule has 0 aliphatic heterocycles. The Morgan fingerprint density at radius 2 is 1.51 bits per heavy atom. The molecule has 0 saturated carbocycles. The standard InChI is InChI=1S/C27H26N6O2/c1-20-17-23(34)11-13-25(20)28-30-27(15-7-4-8-16-27)31-33-32-29-26-14-12-24(18-21(26)2)35-19-22-9-5-3-6-10-22/h3,5-18,34H,4,19H2,1-2H3/b30-28+,32-29+,33-31+. The van der Waals surface area contributed by atoms with Crippen LogP contribution in [0.2, 0.25) is 0 Å².